The van der Waals surface area contributed by atoms with Crippen molar-refractivity contribution in [2.24, 2.45) is 0 Å². The zero-order chi connectivity index (χ0) is 45.0. The molecule has 0 aliphatic carbocycles. The van der Waals surface area contributed by atoms with Crippen LogP contribution in [0, 0.1) is 0 Å². The Morgan fingerprint density at radius 2 is 0.618 bits per heavy atom. The standard InChI is InChI=1S/C60H38N8/c1-5-19-39(20-6-1)43-33-35-48-47-29-15-18-32-52(47)68(54(48)38-43)60-65-57(42-25-11-4-12-26-42)64-59(66-60)49-37-44(34-36-53(49)67-50-30-16-13-27-45(50)46-28-14-17-31-51(46)67)58-62-55(40-21-7-2-8-22-40)61-56(63-58)41-23-9-3-10-24-41/h1-38H. The van der Waals surface area contributed by atoms with Crippen molar-refractivity contribution in [3.8, 4) is 79.7 Å². The second-order valence-corrected chi connectivity index (χ2v) is 16.7. The molecule has 0 N–H and O–H groups in total. The summed E-state index contributed by atoms with van der Waals surface area (Å²) in [6, 6.07) is 79.3. The topological polar surface area (TPSA) is 87.2 Å². The first-order valence-electron chi connectivity index (χ1n) is 22.6. The highest BCUT2D eigenvalue weighted by molar-refractivity contribution is 6.11. The van der Waals surface area contributed by atoms with Gasteiger partial charge in [-0.25, -0.2) is 19.9 Å². The van der Waals surface area contributed by atoms with Crippen LogP contribution >= 0.6 is 0 Å². The summed E-state index contributed by atoms with van der Waals surface area (Å²) in [7, 11) is 0. The van der Waals surface area contributed by atoms with E-state index in [1.54, 1.807) is 0 Å². The Labute approximate surface area is 391 Å². The first-order chi connectivity index (χ1) is 33.7. The minimum atomic E-state index is 0.498. The fraction of sp³-hybridized carbons (Fsp3) is 0. The van der Waals surface area contributed by atoms with Gasteiger partial charge >= 0.3 is 0 Å². The molecule has 8 nitrogen and oxygen atoms in total. The second kappa shape index (κ2) is 16.2. The molecule has 318 valence electrons. The summed E-state index contributed by atoms with van der Waals surface area (Å²) >= 11 is 0. The minimum Gasteiger partial charge on any atom is -0.309 e. The summed E-state index contributed by atoms with van der Waals surface area (Å²) < 4.78 is 4.50. The maximum Gasteiger partial charge on any atom is 0.238 e. The summed E-state index contributed by atoms with van der Waals surface area (Å²) in [5, 5.41) is 4.51. The average Bonchev–Trinajstić information content (AvgIpc) is 3.94. The van der Waals surface area contributed by atoms with E-state index in [1.807, 2.05) is 97.1 Å². The summed E-state index contributed by atoms with van der Waals surface area (Å²) in [6.07, 6.45) is 0. The molecule has 0 spiro atoms. The van der Waals surface area contributed by atoms with E-state index in [-0.39, 0.29) is 0 Å². The van der Waals surface area contributed by atoms with E-state index in [0.717, 1.165) is 88.2 Å². The van der Waals surface area contributed by atoms with Gasteiger partial charge in [-0.2, -0.15) is 9.97 Å². The third-order valence-electron chi connectivity index (χ3n) is 12.7. The van der Waals surface area contributed by atoms with Gasteiger partial charge in [0, 0.05) is 49.4 Å². The van der Waals surface area contributed by atoms with Crippen LogP contribution in [-0.2, 0) is 0 Å². The molecule has 0 unspecified atom stereocenters. The van der Waals surface area contributed by atoms with Crippen LogP contribution in [0.4, 0.5) is 0 Å². The summed E-state index contributed by atoms with van der Waals surface area (Å²) in [5.41, 5.74) is 11.5. The molecule has 0 saturated heterocycles. The largest absolute Gasteiger partial charge is 0.309 e. The van der Waals surface area contributed by atoms with Crippen LogP contribution in [-0.4, -0.2) is 39.0 Å². The number of rotatable bonds is 8. The predicted molar refractivity (Wildman–Crippen MR) is 275 cm³/mol. The average molecular weight is 871 g/mol. The van der Waals surface area contributed by atoms with E-state index in [0.29, 0.717) is 35.1 Å². The molecule has 0 bridgehead atoms. The molecule has 9 aromatic carbocycles. The number of fused-ring (bicyclic) bond motifs is 6. The molecule has 4 aromatic heterocycles. The molecule has 8 heteroatoms. The lowest BCUT2D eigenvalue weighted by atomic mass is 10.0. The number of hydrogen-bond donors (Lipinski definition) is 0. The van der Waals surface area contributed by atoms with E-state index in [2.05, 4.69) is 143 Å². The Morgan fingerprint density at radius 1 is 0.235 bits per heavy atom. The van der Waals surface area contributed by atoms with Crippen molar-refractivity contribution in [2.75, 3.05) is 0 Å². The van der Waals surface area contributed by atoms with Gasteiger partial charge in [-0.15, -0.1) is 0 Å². The Morgan fingerprint density at radius 3 is 1.15 bits per heavy atom. The van der Waals surface area contributed by atoms with Crippen LogP contribution in [0.15, 0.2) is 231 Å². The minimum absolute atomic E-state index is 0.498. The van der Waals surface area contributed by atoms with Gasteiger partial charge in [-0.3, -0.25) is 4.57 Å². The molecule has 13 rings (SSSR count). The van der Waals surface area contributed by atoms with Gasteiger partial charge < -0.3 is 4.57 Å². The number of benzene rings is 9. The van der Waals surface area contributed by atoms with Gasteiger partial charge in [0.2, 0.25) is 5.95 Å². The van der Waals surface area contributed by atoms with Crippen molar-refractivity contribution in [1.29, 1.82) is 0 Å². The Kier molecular flexibility index (Phi) is 9.31. The normalized spacial score (nSPS) is 11.5. The molecular formula is C60H38N8. The highest BCUT2D eigenvalue weighted by Gasteiger charge is 2.23. The van der Waals surface area contributed by atoms with Gasteiger partial charge in [-0.1, -0.05) is 188 Å². The third-order valence-corrected chi connectivity index (χ3v) is 12.7. The zero-order valence-corrected chi connectivity index (χ0v) is 36.5. The Balaban J connectivity index is 1.12. The van der Waals surface area contributed by atoms with Crippen LogP contribution in [0.25, 0.3) is 123 Å². The molecule has 0 aliphatic rings. The van der Waals surface area contributed by atoms with Crippen LogP contribution in [0.5, 0.6) is 0 Å². The number of nitrogens with zero attached hydrogens (tertiary/aromatic N) is 8. The molecule has 13 aromatic rings. The smallest absolute Gasteiger partial charge is 0.238 e. The zero-order valence-electron chi connectivity index (χ0n) is 36.5. The van der Waals surface area contributed by atoms with Crippen molar-refractivity contribution in [3.05, 3.63) is 231 Å². The van der Waals surface area contributed by atoms with E-state index in [4.69, 9.17) is 29.9 Å². The van der Waals surface area contributed by atoms with Crippen LogP contribution < -0.4 is 0 Å². The van der Waals surface area contributed by atoms with Gasteiger partial charge in [0.1, 0.15) is 0 Å². The molecule has 4 heterocycles. The fourth-order valence-corrected chi connectivity index (χ4v) is 9.47. The highest BCUT2D eigenvalue weighted by Crippen LogP contribution is 2.40. The molecule has 0 atom stereocenters. The van der Waals surface area contributed by atoms with Crippen molar-refractivity contribution >= 4 is 43.6 Å². The molecule has 0 radical (unpaired) electrons. The van der Waals surface area contributed by atoms with Crippen molar-refractivity contribution in [1.82, 2.24) is 39.0 Å². The SMILES string of the molecule is c1ccc(-c2ccc3c4ccccc4n(-c4nc(-c5ccccc5)nc(-c5cc(-c6nc(-c7ccccc7)nc(-c7ccccc7)n6)ccc5-n5c6ccccc6c6ccccc65)n4)c3c2)cc1. The maximum absolute atomic E-state index is 5.54. The lowest BCUT2D eigenvalue weighted by Crippen LogP contribution is -2.08. The van der Waals surface area contributed by atoms with Gasteiger partial charge in [-0.05, 0) is 53.6 Å². The van der Waals surface area contributed by atoms with Crippen molar-refractivity contribution in [2.45, 2.75) is 0 Å². The van der Waals surface area contributed by atoms with Crippen molar-refractivity contribution < 1.29 is 0 Å². The van der Waals surface area contributed by atoms with E-state index in [9.17, 15) is 0 Å². The molecule has 0 amide bonds. The maximum atomic E-state index is 5.54. The lowest BCUT2D eigenvalue weighted by molar-refractivity contribution is 0.951. The highest BCUT2D eigenvalue weighted by atomic mass is 15.2. The predicted octanol–water partition coefficient (Wildman–Crippen LogP) is 14.3. The first-order valence-corrected chi connectivity index (χ1v) is 22.6. The number of aromatic nitrogens is 8. The van der Waals surface area contributed by atoms with Crippen LogP contribution in [0.1, 0.15) is 0 Å². The van der Waals surface area contributed by atoms with Crippen LogP contribution in [0.2, 0.25) is 0 Å². The van der Waals surface area contributed by atoms with Gasteiger partial charge in [0.25, 0.3) is 0 Å². The monoisotopic (exact) mass is 870 g/mol. The number of hydrogen-bond acceptors (Lipinski definition) is 6. The fourth-order valence-electron chi connectivity index (χ4n) is 9.47. The van der Waals surface area contributed by atoms with Crippen molar-refractivity contribution in [3.63, 3.8) is 0 Å². The van der Waals surface area contributed by atoms with E-state index < -0.39 is 0 Å². The molecular weight excluding hydrogens is 833 g/mol. The third kappa shape index (κ3) is 6.70. The van der Waals surface area contributed by atoms with E-state index in [1.165, 1.54) is 0 Å². The second-order valence-electron chi connectivity index (χ2n) is 16.7. The first kappa shape index (κ1) is 39.0. The Hall–Kier alpha value is -9.40. The molecule has 0 aliphatic heterocycles. The molecule has 68 heavy (non-hydrogen) atoms. The van der Waals surface area contributed by atoms with Crippen LogP contribution in [0.3, 0.4) is 0 Å². The number of para-hydroxylation sites is 3. The summed E-state index contributed by atoms with van der Waals surface area (Å²) in [5.74, 6) is 3.24. The molecule has 0 saturated carbocycles. The molecule has 0 fully saturated rings. The quantitative estimate of drug-likeness (QED) is 0.151. The summed E-state index contributed by atoms with van der Waals surface area (Å²) in [4.78, 5) is 31.6. The Bertz CT molecular complexity index is 3900. The van der Waals surface area contributed by atoms with Gasteiger partial charge in [0.05, 0.1) is 27.8 Å². The lowest BCUT2D eigenvalue weighted by Gasteiger charge is -2.17. The summed E-state index contributed by atoms with van der Waals surface area (Å²) in [6.45, 7) is 0. The van der Waals surface area contributed by atoms with E-state index >= 15 is 0 Å². The van der Waals surface area contributed by atoms with Gasteiger partial charge in [0.15, 0.2) is 29.1 Å².